The van der Waals surface area contributed by atoms with E-state index in [1.165, 1.54) is 11.8 Å². The highest BCUT2D eigenvalue weighted by Crippen LogP contribution is 2.34. The molecule has 2 aliphatic heterocycles. The van der Waals surface area contributed by atoms with E-state index in [1.54, 1.807) is 35.8 Å². The second-order valence-electron chi connectivity index (χ2n) is 9.41. The van der Waals surface area contributed by atoms with Crippen LogP contribution in [0, 0.1) is 6.92 Å². The highest BCUT2D eigenvalue weighted by Gasteiger charge is 2.33. The molecule has 2 fully saturated rings. The van der Waals surface area contributed by atoms with E-state index in [4.69, 9.17) is 26.7 Å². The molecule has 11 heteroatoms. The third-order valence-electron chi connectivity index (χ3n) is 6.87. The van der Waals surface area contributed by atoms with E-state index in [1.807, 2.05) is 37.3 Å². The monoisotopic (exact) mass is 565 g/mol. The third-order valence-corrected chi connectivity index (χ3v) is 8.25. The Morgan fingerprint density at radius 3 is 2.54 bits per heavy atom. The van der Waals surface area contributed by atoms with Crippen molar-refractivity contribution in [2.75, 3.05) is 63.4 Å². The third kappa shape index (κ3) is 5.52. The number of ether oxygens (including phenoxy) is 2. The van der Waals surface area contributed by atoms with Gasteiger partial charge < -0.3 is 19.3 Å². The van der Waals surface area contributed by atoms with Gasteiger partial charge in [-0.15, -0.1) is 0 Å². The van der Waals surface area contributed by atoms with E-state index in [0.29, 0.717) is 58.9 Å². The molecule has 0 unspecified atom stereocenters. The van der Waals surface area contributed by atoms with Crippen LogP contribution in [0.5, 0.6) is 5.75 Å². The number of amides is 1. The molecule has 2 aromatic heterocycles. The molecule has 9 nitrogen and oxygen atoms in total. The lowest BCUT2D eigenvalue weighted by atomic mass is 10.2. The second-order valence-corrected chi connectivity index (χ2v) is 11.1. The van der Waals surface area contributed by atoms with Crippen molar-refractivity contribution in [3.63, 3.8) is 0 Å². The van der Waals surface area contributed by atoms with E-state index >= 15 is 0 Å². The number of anilines is 2. The van der Waals surface area contributed by atoms with Crippen LogP contribution >= 0.6 is 24.0 Å². The van der Waals surface area contributed by atoms with Crippen molar-refractivity contribution >= 4 is 57.4 Å². The summed E-state index contributed by atoms with van der Waals surface area (Å²) in [4.78, 5) is 38.4. The highest BCUT2D eigenvalue weighted by molar-refractivity contribution is 8.26. The maximum atomic E-state index is 13.8. The number of nitrogens with zero attached hydrogens (tertiary/aromatic N) is 5. The van der Waals surface area contributed by atoms with Gasteiger partial charge in [-0.2, -0.15) is 0 Å². The smallest absolute Gasteiger partial charge is 0.267 e. The van der Waals surface area contributed by atoms with Crippen LogP contribution in [0.1, 0.15) is 17.5 Å². The summed E-state index contributed by atoms with van der Waals surface area (Å²) in [5.41, 5.74) is 2.73. The van der Waals surface area contributed by atoms with Crippen molar-refractivity contribution in [2.45, 2.75) is 13.3 Å². The molecule has 0 N–H and O–H groups in total. The highest BCUT2D eigenvalue weighted by atomic mass is 32.2. The number of aryl methyl sites for hydroxylation is 1. The molecule has 0 bridgehead atoms. The zero-order chi connectivity index (χ0) is 27.5. The number of hydrogen-bond acceptors (Lipinski definition) is 9. The van der Waals surface area contributed by atoms with Gasteiger partial charge in [-0.1, -0.05) is 42.2 Å². The fourth-order valence-corrected chi connectivity index (χ4v) is 6.15. The lowest BCUT2D eigenvalue weighted by Crippen LogP contribution is -2.47. The molecular weight excluding hydrogens is 534 g/mol. The Balaban J connectivity index is 1.49. The summed E-state index contributed by atoms with van der Waals surface area (Å²) in [5.74, 6) is 1.21. The van der Waals surface area contributed by atoms with E-state index in [2.05, 4.69) is 15.9 Å². The molecule has 5 rings (SSSR count). The molecule has 3 aromatic rings. The van der Waals surface area contributed by atoms with Gasteiger partial charge in [-0.3, -0.25) is 18.9 Å². The minimum atomic E-state index is -0.212. The summed E-state index contributed by atoms with van der Waals surface area (Å²) in [6, 6.07) is 11.8. The maximum Gasteiger partial charge on any atom is 0.267 e. The first kappa shape index (κ1) is 27.2. The molecule has 0 saturated carbocycles. The van der Waals surface area contributed by atoms with Crippen LogP contribution in [0.15, 0.2) is 52.3 Å². The van der Waals surface area contributed by atoms with Crippen molar-refractivity contribution in [1.82, 2.24) is 14.3 Å². The standard InChI is InChI=1S/C28H31N5O4S2/c1-19-9-10-24-29-25(31-14-12-30(13-15-31)21-7-4-5-8-22(21)37-3)20(26(34)33(24)18-19)17-23-27(35)32(28(38)39-23)11-6-16-36-2/h4-5,7-10,17-18H,6,11-16H2,1-3H3/b23-17-. The fraction of sp³-hybridized carbons (Fsp3) is 0.357. The summed E-state index contributed by atoms with van der Waals surface area (Å²) < 4.78 is 12.7. The quantitative estimate of drug-likeness (QED) is 0.231. The van der Waals surface area contributed by atoms with Gasteiger partial charge in [0.2, 0.25) is 0 Å². The summed E-state index contributed by atoms with van der Waals surface area (Å²) in [6.07, 6.45) is 4.13. The normalized spacial score (nSPS) is 17.1. The van der Waals surface area contributed by atoms with Crippen LogP contribution in [-0.4, -0.2) is 78.1 Å². The Bertz CT molecular complexity index is 1500. The number of pyridine rings is 1. The lowest BCUT2D eigenvalue weighted by molar-refractivity contribution is -0.122. The van der Waals surface area contributed by atoms with Crippen molar-refractivity contribution < 1.29 is 14.3 Å². The van der Waals surface area contributed by atoms with E-state index in [-0.39, 0.29) is 11.5 Å². The zero-order valence-electron chi connectivity index (χ0n) is 22.3. The molecule has 0 spiro atoms. The number of thioether (sulfide) groups is 1. The maximum absolute atomic E-state index is 13.8. The lowest BCUT2D eigenvalue weighted by Gasteiger charge is -2.37. The average molecular weight is 566 g/mol. The summed E-state index contributed by atoms with van der Waals surface area (Å²) in [5, 5.41) is 0. The largest absolute Gasteiger partial charge is 0.495 e. The van der Waals surface area contributed by atoms with Gasteiger partial charge in [0, 0.05) is 52.6 Å². The SMILES string of the molecule is COCCCN1C(=O)/C(=C/c2c(N3CCN(c4ccccc4OC)CC3)nc3ccc(C)cn3c2=O)SC1=S. The molecule has 0 aliphatic carbocycles. The Kier molecular flexibility index (Phi) is 8.20. The molecule has 1 amide bonds. The van der Waals surface area contributed by atoms with Gasteiger partial charge in [-0.05, 0) is 43.2 Å². The number of carbonyl (C=O) groups excluding carboxylic acids is 1. The van der Waals surface area contributed by atoms with Crippen molar-refractivity contribution in [1.29, 1.82) is 0 Å². The molecule has 2 aliphatic rings. The molecular formula is C28H31N5O4S2. The van der Waals surface area contributed by atoms with Gasteiger partial charge in [0.15, 0.2) is 0 Å². The number of hydrogen-bond donors (Lipinski definition) is 0. The summed E-state index contributed by atoms with van der Waals surface area (Å²) in [6.45, 7) is 5.73. The van der Waals surface area contributed by atoms with Crippen molar-refractivity contribution in [2.24, 2.45) is 0 Å². The number of rotatable bonds is 8. The predicted molar refractivity (Wildman–Crippen MR) is 160 cm³/mol. The molecule has 0 atom stereocenters. The molecule has 4 heterocycles. The first-order valence-electron chi connectivity index (χ1n) is 12.8. The van der Waals surface area contributed by atoms with Crippen LogP contribution in [0.2, 0.25) is 0 Å². The van der Waals surface area contributed by atoms with Crippen LogP contribution in [0.25, 0.3) is 11.7 Å². The Labute approximate surface area is 237 Å². The number of carbonyl (C=O) groups is 1. The summed E-state index contributed by atoms with van der Waals surface area (Å²) >= 11 is 6.71. The van der Waals surface area contributed by atoms with Gasteiger partial charge in [0.25, 0.3) is 11.5 Å². The zero-order valence-corrected chi connectivity index (χ0v) is 23.9. The van der Waals surface area contributed by atoms with Gasteiger partial charge in [-0.25, -0.2) is 4.98 Å². The first-order valence-corrected chi connectivity index (χ1v) is 14.0. The van der Waals surface area contributed by atoms with E-state index < -0.39 is 0 Å². The summed E-state index contributed by atoms with van der Waals surface area (Å²) in [7, 11) is 3.31. The number of benzene rings is 1. The Morgan fingerprint density at radius 2 is 1.79 bits per heavy atom. The molecule has 0 radical (unpaired) electrons. The van der Waals surface area contributed by atoms with Crippen molar-refractivity contribution in [3.05, 3.63) is 69.0 Å². The van der Waals surface area contributed by atoms with Crippen LogP contribution in [-0.2, 0) is 9.53 Å². The average Bonchev–Trinajstić information content (AvgIpc) is 3.22. The molecule has 2 saturated heterocycles. The Hall–Kier alpha value is -3.41. The molecule has 1 aromatic carbocycles. The molecule has 204 valence electrons. The van der Waals surface area contributed by atoms with Gasteiger partial charge in [0.05, 0.1) is 23.3 Å². The minimum absolute atomic E-state index is 0.193. The van der Waals surface area contributed by atoms with Crippen molar-refractivity contribution in [3.8, 4) is 5.75 Å². The Morgan fingerprint density at radius 1 is 1.05 bits per heavy atom. The number of aromatic nitrogens is 2. The molecule has 39 heavy (non-hydrogen) atoms. The second kappa shape index (κ2) is 11.8. The first-order chi connectivity index (χ1) is 18.9. The van der Waals surface area contributed by atoms with Gasteiger partial charge >= 0.3 is 0 Å². The topological polar surface area (TPSA) is 79.6 Å². The fourth-order valence-electron chi connectivity index (χ4n) is 4.86. The number of methoxy groups -OCH3 is 2. The van der Waals surface area contributed by atoms with Crippen LogP contribution in [0.4, 0.5) is 11.5 Å². The number of fused-ring (bicyclic) bond motifs is 1. The predicted octanol–water partition coefficient (Wildman–Crippen LogP) is 3.58. The van der Waals surface area contributed by atoms with E-state index in [9.17, 15) is 9.59 Å². The van der Waals surface area contributed by atoms with Crippen LogP contribution in [0.3, 0.4) is 0 Å². The van der Waals surface area contributed by atoms with Gasteiger partial charge in [0.1, 0.15) is 21.5 Å². The van der Waals surface area contributed by atoms with E-state index in [0.717, 1.165) is 30.1 Å². The number of para-hydroxylation sites is 2. The van der Waals surface area contributed by atoms with Crippen LogP contribution < -0.4 is 20.1 Å². The number of piperazine rings is 1. The number of thiocarbonyl (C=S) groups is 1. The minimum Gasteiger partial charge on any atom is -0.495 e.